The van der Waals surface area contributed by atoms with Gasteiger partial charge in [0.25, 0.3) is 0 Å². The highest BCUT2D eigenvalue weighted by Gasteiger charge is 2.18. The van der Waals surface area contributed by atoms with E-state index in [-0.39, 0.29) is 18.2 Å². The van der Waals surface area contributed by atoms with Gasteiger partial charge in [0, 0.05) is 17.8 Å². The van der Waals surface area contributed by atoms with Crippen LogP contribution in [0.3, 0.4) is 0 Å². The second-order valence-corrected chi connectivity index (χ2v) is 8.07. The zero-order valence-electron chi connectivity index (χ0n) is 13.4. The smallest absolute Gasteiger partial charge is 0.212 e. The van der Waals surface area contributed by atoms with Crippen LogP contribution in [0.4, 0.5) is 0 Å². The van der Waals surface area contributed by atoms with E-state index in [4.69, 9.17) is 17.3 Å². The standard InChI is InChI=1S/C16H23ClN4O2S/c17-15-6-4-13(5-7-15)9-21-24(22,23)11-14(8-18)2-1-3-16-10-19-12-20-16/h4-7,10,12,14,21H,1-3,8-9,11,18H2,(H,19,20). The molecule has 0 aliphatic carbocycles. The predicted molar refractivity (Wildman–Crippen MR) is 96.1 cm³/mol. The lowest BCUT2D eigenvalue weighted by atomic mass is 10.0. The normalized spacial score (nSPS) is 13.1. The van der Waals surface area contributed by atoms with Crippen molar-refractivity contribution in [1.29, 1.82) is 0 Å². The van der Waals surface area contributed by atoms with Crippen molar-refractivity contribution in [1.82, 2.24) is 14.7 Å². The van der Waals surface area contributed by atoms with Gasteiger partial charge in [-0.15, -0.1) is 0 Å². The molecule has 24 heavy (non-hydrogen) atoms. The third-order valence-electron chi connectivity index (χ3n) is 3.80. The second kappa shape index (κ2) is 9.17. The van der Waals surface area contributed by atoms with Gasteiger partial charge in [0.05, 0.1) is 17.8 Å². The lowest BCUT2D eigenvalue weighted by Crippen LogP contribution is -2.32. The Kier molecular flexibility index (Phi) is 7.23. The van der Waals surface area contributed by atoms with Gasteiger partial charge in [0.15, 0.2) is 0 Å². The van der Waals surface area contributed by atoms with E-state index in [1.54, 1.807) is 30.6 Å². The van der Waals surface area contributed by atoms with Gasteiger partial charge in [-0.3, -0.25) is 0 Å². The van der Waals surface area contributed by atoms with E-state index < -0.39 is 10.0 Å². The van der Waals surface area contributed by atoms with E-state index in [9.17, 15) is 8.42 Å². The van der Waals surface area contributed by atoms with Gasteiger partial charge >= 0.3 is 0 Å². The number of hydrogen-bond donors (Lipinski definition) is 3. The monoisotopic (exact) mass is 370 g/mol. The molecule has 0 spiro atoms. The molecule has 6 nitrogen and oxygen atoms in total. The molecule has 1 atom stereocenters. The molecule has 8 heteroatoms. The Morgan fingerprint density at radius 1 is 1.29 bits per heavy atom. The van der Waals surface area contributed by atoms with Crippen LogP contribution in [0.1, 0.15) is 24.1 Å². The average molecular weight is 371 g/mol. The first kappa shape index (κ1) is 18.9. The number of nitrogens with zero attached hydrogens (tertiary/aromatic N) is 1. The second-order valence-electron chi connectivity index (χ2n) is 5.78. The Labute approximate surface area is 147 Å². The highest BCUT2D eigenvalue weighted by Crippen LogP contribution is 2.12. The molecule has 1 heterocycles. The molecule has 0 bridgehead atoms. The first-order valence-electron chi connectivity index (χ1n) is 7.88. The number of aromatic amines is 1. The van der Waals surface area contributed by atoms with E-state index in [0.29, 0.717) is 11.6 Å². The topological polar surface area (TPSA) is 101 Å². The van der Waals surface area contributed by atoms with Crippen molar-refractivity contribution < 1.29 is 8.42 Å². The van der Waals surface area contributed by atoms with Crippen molar-refractivity contribution in [3.8, 4) is 0 Å². The fourth-order valence-corrected chi connectivity index (χ4v) is 3.99. The molecule has 0 aliphatic heterocycles. The molecule has 0 fully saturated rings. The summed E-state index contributed by atoms with van der Waals surface area (Å²) < 4.78 is 27.1. The van der Waals surface area contributed by atoms with Crippen LogP contribution in [0, 0.1) is 5.92 Å². The molecular weight excluding hydrogens is 348 g/mol. The highest BCUT2D eigenvalue weighted by atomic mass is 35.5. The minimum absolute atomic E-state index is 0.0393. The number of rotatable bonds is 10. The van der Waals surface area contributed by atoms with Crippen LogP contribution in [0.15, 0.2) is 36.8 Å². The summed E-state index contributed by atoms with van der Waals surface area (Å²) in [7, 11) is -3.37. The fourth-order valence-electron chi connectivity index (χ4n) is 2.43. The van der Waals surface area contributed by atoms with Crippen molar-refractivity contribution in [2.75, 3.05) is 12.3 Å². The molecule has 132 valence electrons. The molecule has 1 aromatic heterocycles. The van der Waals surface area contributed by atoms with Crippen LogP contribution in [-0.4, -0.2) is 30.7 Å². The maximum atomic E-state index is 12.2. The van der Waals surface area contributed by atoms with Crippen LogP contribution >= 0.6 is 11.6 Å². The fraction of sp³-hybridized carbons (Fsp3) is 0.438. The van der Waals surface area contributed by atoms with E-state index in [1.165, 1.54) is 0 Å². The zero-order valence-corrected chi connectivity index (χ0v) is 15.0. The number of halogens is 1. The quantitative estimate of drug-likeness (QED) is 0.596. The number of nitrogens with two attached hydrogens (primary N) is 1. The number of hydrogen-bond acceptors (Lipinski definition) is 4. The summed E-state index contributed by atoms with van der Waals surface area (Å²) in [5.74, 6) is -0.0239. The maximum absolute atomic E-state index is 12.2. The first-order valence-corrected chi connectivity index (χ1v) is 9.91. The number of aryl methyl sites for hydroxylation is 1. The van der Waals surface area contributed by atoms with E-state index in [2.05, 4.69) is 14.7 Å². The number of imidazole rings is 1. The number of nitrogens with one attached hydrogen (secondary N) is 2. The lowest BCUT2D eigenvalue weighted by molar-refractivity contribution is 0.502. The van der Waals surface area contributed by atoms with E-state index in [0.717, 1.165) is 30.5 Å². The Balaban J connectivity index is 1.78. The zero-order chi connectivity index (χ0) is 17.4. The van der Waals surface area contributed by atoms with Crippen molar-refractivity contribution >= 4 is 21.6 Å². The summed E-state index contributed by atoms with van der Waals surface area (Å²) in [6, 6.07) is 7.08. The summed E-state index contributed by atoms with van der Waals surface area (Å²) in [5.41, 5.74) is 7.58. The third kappa shape index (κ3) is 6.60. The van der Waals surface area contributed by atoms with Crippen molar-refractivity contribution in [3.63, 3.8) is 0 Å². The van der Waals surface area contributed by atoms with Gasteiger partial charge in [0.1, 0.15) is 0 Å². The summed E-state index contributed by atoms with van der Waals surface area (Å²) >= 11 is 5.82. The number of H-pyrrole nitrogens is 1. The molecule has 0 radical (unpaired) electrons. The first-order chi connectivity index (χ1) is 11.5. The molecular formula is C16H23ClN4O2S. The summed E-state index contributed by atoms with van der Waals surface area (Å²) in [4.78, 5) is 7.06. The molecule has 0 aliphatic rings. The van der Waals surface area contributed by atoms with Gasteiger partial charge < -0.3 is 10.7 Å². The largest absolute Gasteiger partial charge is 0.351 e. The Morgan fingerprint density at radius 2 is 2.04 bits per heavy atom. The molecule has 0 saturated carbocycles. The average Bonchev–Trinajstić information content (AvgIpc) is 3.07. The lowest BCUT2D eigenvalue weighted by Gasteiger charge is -2.15. The van der Waals surface area contributed by atoms with Gasteiger partial charge in [-0.1, -0.05) is 23.7 Å². The molecule has 4 N–H and O–H groups in total. The molecule has 2 rings (SSSR count). The van der Waals surface area contributed by atoms with Gasteiger partial charge in [-0.2, -0.15) is 0 Å². The Hall–Kier alpha value is -1.41. The predicted octanol–water partition coefficient (Wildman–Crippen LogP) is 2.08. The van der Waals surface area contributed by atoms with Crippen LogP contribution in [0.5, 0.6) is 0 Å². The van der Waals surface area contributed by atoms with Crippen LogP contribution < -0.4 is 10.5 Å². The van der Waals surface area contributed by atoms with E-state index in [1.807, 2.05) is 6.20 Å². The molecule has 0 amide bonds. The molecule has 1 unspecified atom stereocenters. The van der Waals surface area contributed by atoms with Crippen molar-refractivity contribution in [2.45, 2.75) is 25.8 Å². The number of benzene rings is 1. The summed E-state index contributed by atoms with van der Waals surface area (Å²) in [5, 5.41) is 0.627. The van der Waals surface area contributed by atoms with Crippen molar-refractivity contribution in [3.05, 3.63) is 53.1 Å². The van der Waals surface area contributed by atoms with Crippen LogP contribution in [-0.2, 0) is 23.0 Å². The third-order valence-corrected chi connectivity index (χ3v) is 5.54. The highest BCUT2D eigenvalue weighted by molar-refractivity contribution is 7.89. The van der Waals surface area contributed by atoms with E-state index >= 15 is 0 Å². The van der Waals surface area contributed by atoms with Gasteiger partial charge in [0.2, 0.25) is 10.0 Å². The maximum Gasteiger partial charge on any atom is 0.212 e. The minimum Gasteiger partial charge on any atom is -0.351 e. The minimum atomic E-state index is -3.37. The molecule has 0 saturated heterocycles. The van der Waals surface area contributed by atoms with Crippen LogP contribution in [0.25, 0.3) is 0 Å². The van der Waals surface area contributed by atoms with Crippen LogP contribution in [0.2, 0.25) is 5.02 Å². The number of sulfonamides is 1. The molecule has 2 aromatic rings. The van der Waals surface area contributed by atoms with Crippen molar-refractivity contribution in [2.24, 2.45) is 11.7 Å². The summed E-state index contributed by atoms with van der Waals surface area (Å²) in [6.45, 7) is 0.604. The van der Waals surface area contributed by atoms with Gasteiger partial charge in [-0.25, -0.2) is 18.1 Å². The van der Waals surface area contributed by atoms with Gasteiger partial charge in [-0.05, 0) is 49.4 Å². The Morgan fingerprint density at radius 3 is 2.67 bits per heavy atom. The molecule has 1 aromatic carbocycles. The number of aromatic nitrogens is 2. The Bertz CT molecular complexity index is 702. The SMILES string of the molecule is NCC(CCCc1c[nH]cn1)CS(=O)(=O)NCc1ccc(Cl)cc1. The summed E-state index contributed by atoms with van der Waals surface area (Å²) in [6.07, 6.45) is 5.92.